The van der Waals surface area contributed by atoms with Gasteiger partial charge in [-0.25, -0.2) is 0 Å². The molecule has 0 saturated carbocycles. The number of nitriles is 1. The summed E-state index contributed by atoms with van der Waals surface area (Å²) in [6, 6.07) is 2.20. The fourth-order valence-electron chi connectivity index (χ4n) is 1.91. The van der Waals surface area contributed by atoms with Gasteiger partial charge in [0.2, 0.25) is 5.91 Å². The topological polar surface area (TPSA) is 56.6 Å². The van der Waals surface area contributed by atoms with E-state index in [2.05, 4.69) is 6.07 Å². The van der Waals surface area contributed by atoms with Crippen molar-refractivity contribution in [2.24, 2.45) is 5.41 Å². The minimum Gasteiger partial charge on any atom is -0.381 e. The molecule has 0 aromatic carbocycles. The summed E-state index contributed by atoms with van der Waals surface area (Å²) in [6.07, 6.45) is 1.02. The summed E-state index contributed by atoms with van der Waals surface area (Å²) in [4.78, 5) is 16.0. The molecule has 0 unspecified atom stereocenters. The second-order valence-corrected chi connectivity index (χ2v) is 4.84. The van der Waals surface area contributed by atoms with Crippen molar-refractivity contribution >= 4 is 5.91 Å². The van der Waals surface area contributed by atoms with E-state index in [1.54, 1.807) is 11.9 Å². The third-order valence-electron chi connectivity index (χ3n) is 3.20. The van der Waals surface area contributed by atoms with E-state index in [-0.39, 0.29) is 5.91 Å². The quantitative estimate of drug-likeness (QED) is 0.709. The Kier molecular flexibility index (Phi) is 4.91. The maximum atomic E-state index is 12.3. The molecule has 1 rings (SSSR count). The van der Waals surface area contributed by atoms with Crippen LogP contribution in [0, 0.1) is 16.7 Å². The molecule has 0 radical (unpaired) electrons. The number of amides is 1. The number of ether oxygens (including phenoxy) is 1. The Morgan fingerprint density at radius 3 is 2.35 bits per heavy atom. The van der Waals surface area contributed by atoms with E-state index in [4.69, 9.17) is 4.74 Å². The molecule has 1 aliphatic heterocycles. The Balaban J connectivity index is 2.62. The maximum Gasteiger partial charge on any atom is 0.243 e. The van der Waals surface area contributed by atoms with Crippen LogP contribution in [0.4, 0.5) is 0 Å². The molecule has 1 aliphatic rings. The van der Waals surface area contributed by atoms with Gasteiger partial charge in [-0.2, -0.15) is 5.26 Å². The van der Waals surface area contributed by atoms with Crippen molar-refractivity contribution in [1.82, 2.24) is 9.80 Å². The van der Waals surface area contributed by atoms with Gasteiger partial charge in [0, 0.05) is 33.4 Å². The van der Waals surface area contributed by atoms with Gasteiger partial charge in [-0.15, -0.1) is 0 Å². The molecule has 1 fully saturated rings. The van der Waals surface area contributed by atoms with Crippen LogP contribution in [0.3, 0.4) is 0 Å². The Hall–Kier alpha value is -1.12. The van der Waals surface area contributed by atoms with E-state index in [1.165, 1.54) is 0 Å². The summed E-state index contributed by atoms with van der Waals surface area (Å²) >= 11 is 0. The van der Waals surface area contributed by atoms with Crippen molar-refractivity contribution in [2.75, 3.05) is 47.4 Å². The summed E-state index contributed by atoms with van der Waals surface area (Å²) in [5.74, 6) is -0.0647. The number of carbonyl (C=O) groups excluding carboxylic acids is 1. The van der Waals surface area contributed by atoms with Crippen LogP contribution in [0.1, 0.15) is 12.8 Å². The van der Waals surface area contributed by atoms with E-state index in [9.17, 15) is 10.1 Å². The summed E-state index contributed by atoms with van der Waals surface area (Å²) < 4.78 is 5.22. The lowest BCUT2D eigenvalue weighted by Crippen LogP contribution is -2.46. The summed E-state index contributed by atoms with van der Waals surface area (Å²) in [5, 5.41) is 9.27. The van der Waals surface area contributed by atoms with Gasteiger partial charge in [0.15, 0.2) is 0 Å². The third-order valence-corrected chi connectivity index (χ3v) is 3.20. The highest BCUT2D eigenvalue weighted by Crippen LogP contribution is 2.31. The SMILES string of the molecule is CN(C)CCN(C)C(=O)C1(C#N)CCOCC1. The van der Waals surface area contributed by atoms with E-state index in [0.717, 1.165) is 6.54 Å². The van der Waals surface area contributed by atoms with Crippen LogP contribution in [0.2, 0.25) is 0 Å². The first kappa shape index (κ1) is 13.9. The van der Waals surface area contributed by atoms with E-state index in [0.29, 0.717) is 32.6 Å². The average molecular weight is 239 g/mol. The Bertz CT molecular complexity index is 303. The van der Waals surface area contributed by atoms with Gasteiger partial charge in [-0.05, 0) is 26.9 Å². The molecule has 0 aliphatic carbocycles. The largest absolute Gasteiger partial charge is 0.381 e. The fourth-order valence-corrected chi connectivity index (χ4v) is 1.91. The molecule has 1 saturated heterocycles. The van der Waals surface area contributed by atoms with Crippen molar-refractivity contribution in [3.63, 3.8) is 0 Å². The first-order chi connectivity index (χ1) is 8.02. The minimum atomic E-state index is -0.862. The smallest absolute Gasteiger partial charge is 0.243 e. The lowest BCUT2D eigenvalue weighted by molar-refractivity contribution is -0.142. The van der Waals surface area contributed by atoms with Crippen molar-refractivity contribution in [3.8, 4) is 6.07 Å². The number of hydrogen-bond acceptors (Lipinski definition) is 4. The number of likely N-dealkylation sites (N-methyl/N-ethyl adjacent to an activating group) is 2. The lowest BCUT2D eigenvalue weighted by Gasteiger charge is -2.33. The van der Waals surface area contributed by atoms with Crippen LogP contribution in [0.5, 0.6) is 0 Å². The highest BCUT2D eigenvalue weighted by molar-refractivity contribution is 5.85. The summed E-state index contributed by atoms with van der Waals surface area (Å²) in [5.41, 5.74) is -0.862. The second kappa shape index (κ2) is 5.99. The van der Waals surface area contributed by atoms with Crippen LogP contribution in [-0.4, -0.2) is 63.2 Å². The van der Waals surface area contributed by atoms with Gasteiger partial charge in [-0.1, -0.05) is 0 Å². The molecule has 5 nitrogen and oxygen atoms in total. The molecule has 1 heterocycles. The molecular formula is C12H21N3O2. The summed E-state index contributed by atoms with van der Waals surface area (Å²) in [6.45, 7) is 2.46. The van der Waals surface area contributed by atoms with Crippen molar-refractivity contribution in [2.45, 2.75) is 12.8 Å². The van der Waals surface area contributed by atoms with Gasteiger partial charge in [0.05, 0.1) is 6.07 Å². The number of carbonyl (C=O) groups is 1. The molecule has 1 amide bonds. The predicted molar refractivity (Wildman–Crippen MR) is 64.3 cm³/mol. The Morgan fingerprint density at radius 1 is 1.29 bits per heavy atom. The van der Waals surface area contributed by atoms with Crippen molar-refractivity contribution in [3.05, 3.63) is 0 Å². The predicted octanol–water partition coefficient (Wildman–Crippen LogP) is 0.327. The molecular weight excluding hydrogens is 218 g/mol. The van der Waals surface area contributed by atoms with Gasteiger partial charge < -0.3 is 14.5 Å². The molecule has 17 heavy (non-hydrogen) atoms. The molecule has 5 heteroatoms. The minimum absolute atomic E-state index is 0.0647. The van der Waals surface area contributed by atoms with Gasteiger partial charge in [-0.3, -0.25) is 4.79 Å². The van der Waals surface area contributed by atoms with E-state index >= 15 is 0 Å². The van der Waals surface area contributed by atoms with Gasteiger partial charge >= 0.3 is 0 Å². The molecule has 96 valence electrons. The molecule has 0 spiro atoms. The first-order valence-corrected chi connectivity index (χ1v) is 5.91. The highest BCUT2D eigenvalue weighted by Gasteiger charge is 2.42. The van der Waals surface area contributed by atoms with Gasteiger partial charge in [0.25, 0.3) is 0 Å². The number of nitrogens with zero attached hydrogens (tertiary/aromatic N) is 3. The Morgan fingerprint density at radius 2 is 1.88 bits per heavy atom. The number of hydrogen-bond donors (Lipinski definition) is 0. The first-order valence-electron chi connectivity index (χ1n) is 5.91. The molecule has 0 N–H and O–H groups in total. The van der Waals surface area contributed by atoms with E-state index in [1.807, 2.05) is 19.0 Å². The fraction of sp³-hybridized carbons (Fsp3) is 0.833. The highest BCUT2D eigenvalue weighted by atomic mass is 16.5. The molecule has 0 aromatic heterocycles. The van der Waals surface area contributed by atoms with Crippen LogP contribution in [0.15, 0.2) is 0 Å². The summed E-state index contributed by atoms with van der Waals surface area (Å²) in [7, 11) is 5.69. The average Bonchev–Trinajstić information content (AvgIpc) is 2.35. The van der Waals surface area contributed by atoms with Gasteiger partial charge in [0.1, 0.15) is 5.41 Å². The molecule has 0 bridgehead atoms. The zero-order valence-electron chi connectivity index (χ0n) is 10.9. The van der Waals surface area contributed by atoms with Crippen molar-refractivity contribution in [1.29, 1.82) is 5.26 Å². The third kappa shape index (κ3) is 3.42. The standard InChI is InChI=1S/C12H21N3O2/c1-14(2)6-7-15(3)11(16)12(10-13)4-8-17-9-5-12/h4-9H2,1-3H3. The van der Waals surface area contributed by atoms with Crippen LogP contribution < -0.4 is 0 Å². The van der Waals surface area contributed by atoms with Crippen LogP contribution in [0.25, 0.3) is 0 Å². The maximum absolute atomic E-state index is 12.3. The normalized spacial score (nSPS) is 18.8. The van der Waals surface area contributed by atoms with Crippen LogP contribution in [-0.2, 0) is 9.53 Å². The zero-order valence-corrected chi connectivity index (χ0v) is 10.9. The second-order valence-electron chi connectivity index (χ2n) is 4.84. The number of rotatable bonds is 4. The lowest BCUT2D eigenvalue weighted by atomic mass is 9.80. The Labute approximate surface area is 103 Å². The molecule has 0 atom stereocenters. The van der Waals surface area contributed by atoms with E-state index < -0.39 is 5.41 Å². The van der Waals surface area contributed by atoms with Crippen LogP contribution >= 0.6 is 0 Å². The molecule has 0 aromatic rings. The van der Waals surface area contributed by atoms with Crippen molar-refractivity contribution < 1.29 is 9.53 Å². The monoisotopic (exact) mass is 239 g/mol. The zero-order chi connectivity index (χ0) is 12.9.